The number of nitrogens with one attached hydrogen (secondary N) is 1. The highest BCUT2D eigenvalue weighted by Gasteiger charge is 2.20. The maximum absolute atomic E-state index is 13.3. The van der Waals surface area contributed by atoms with Crippen molar-refractivity contribution in [3.05, 3.63) is 35.5 Å². The normalized spacial score (nSPS) is 14.8. The summed E-state index contributed by atoms with van der Waals surface area (Å²) in [6, 6.07) is 4.73. The number of aryl methyl sites for hydroxylation is 1. The van der Waals surface area contributed by atoms with Crippen LogP contribution in [0.1, 0.15) is 24.3 Å². The Hall–Kier alpha value is -1.75. The molecule has 0 atom stereocenters. The van der Waals surface area contributed by atoms with Crippen molar-refractivity contribution in [1.29, 1.82) is 0 Å². The maximum Gasteiger partial charge on any atom is 0.240 e. The molecular formula is C14H16FN3O. The van der Waals surface area contributed by atoms with Gasteiger partial charge >= 0.3 is 0 Å². The lowest BCUT2D eigenvalue weighted by Crippen LogP contribution is -2.16. The lowest BCUT2D eigenvalue weighted by molar-refractivity contribution is 0.367. The summed E-state index contributed by atoms with van der Waals surface area (Å²) in [5.74, 6) is 1.50. The topological polar surface area (TPSA) is 51.0 Å². The van der Waals surface area contributed by atoms with E-state index < -0.39 is 0 Å². The zero-order valence-corrected chi connectivity index (χ0v) is 10.8. The minimum atomic E-state index is -0.284. The monoisotopic (exact) mass is 261 g/mol. The number of aromatic nitrogens is 2. The predicted molar refractivity (Wildman–Crippen MR) is 68.9 cm³/mol. The first-order valence-electron chi connectivity index (χ1n) is 6.51. The van der Waals surface area contributed by atoms with Crippen LogP contribution in [0.15, 0.2) is 22.7 Å². The van der Waals surface area contributed by atoms with Gasteiger partial charge in [0.05, 0.1) is 6.54 Å². The van der Waals surface area contributed by atoms with E-state index in [1.807, 2.05) is 13.0 Å². The molecule has 3 rings (SSSR count). The quantitative estimate of drug-likeness (QED) is 0.899. The Morgan fingerprint density at radius 2 is 2.21 bits per heavy atom. The number of rotatable bonds is 5. The lowest BCUT2D eigenvalue weighted by atomic mass is 10.1. The van der Waals surface area contributed by atoms with E-state index in [0.717, 1.165) is 18.0 Å². The van der Waals surface area contributed by atoms with Crippen LogP contribution in [0.4, 0.5) is 4.39 Å². The first kappa shape index (κ1) is 12.3. The summed E-state index contributed by atoms with van der Waals surface area (Å²) in [6.45, 7) is 3.40. The highest BCUT2D eigenvalue weighted by atomic mass is 19.1. The number of nitrogens with zero attached hydrogens (tertiary/aromatic N) is 2. The first-order chi connectivity index (χ1) is 9.20. The van der Waals surface area contributed by atoms with E-state index in [9.17, 15) is 4.39 Å². The lowest BCUT2D eigenvalue weighted by Gasteiger charge is -1.98. The van der Waals surface area contributed by atoms with Crippen molar-refractivity contribution in [1.82, 2.24) is 15.5 Å². The van der Waals surface area contributed by atoms with Gasteiger partial charge in [0.1, 0.15) is 5.82 Å². The van der Waals surface area contributed by atoms with Gasteiger partial charge in [-0.05, 0) is 56.0 Å². The third kappa shape index (κ3) is 3.17. The average Bonchev–Trinajstić information content (AvgIpc) is 3.04. The fraction of sp³-hybridized carbons (Fsp3) is 0.429. The summed E-state index contributed by atoms with van der Waals surface area (Å²) in [4.78, 5) is 4.27. The van der Waals surface area contributed by atoms with Gasteiger partial charge < -0.3 is 9.84 Å². The Balaban J connectivity index is 1.68. The molecule has 0 spiro atoms. The van der Waals surface area contributed by atoms with Gasteiger partial charge in [0.2, 0.25) is 11.7 Å². The molecule has 2 aromatic rings. The minimum Gasteiger partial charge on any atom is -0.338 e. The Morgan fingerprint density at radius 3 is 2.95 bits per heavy atom. The van der Waals surface area contributed by atoms with Gasteiger partial charge in [-0.1, -0.05) is 5.16 Å². The Kier molecular flexibility index (Phi) is 3.29. The molecule has 0 aliphatic heterocycles. The Bertz CT molecular complexity index is 558. The molecule has 1 heterocycles. The highest BCUT2D eigenvalue weighted by Crippen LogP contribution is 2.27. The fourth-order valence-electron chi connectivity index (χ4n) is 2.01. The number of benzene rings is 1. The molecule has 1 N–H and O–H groups in total. The van der Waals surface area contributed by atoms with E-state index in [1.54, 1.807) is 0 Å². The zero-order chi connectivity index (χ0) is 13.2. The molecule has 1 aromatic heterocycles. The molecule has 1 fully saturated rings. The van der Waals surface area contributed by atoms with Crippen molar-refractivity contribution in [2.45, 2.75) is 26.3 Å². The zero-order valence-electron chi connectivity index (χ0n) is 10.8. The second-order valence-electron chi connectivity index (χ2n) is 5.10. The molecule has 1 aromatic carbocycles. The van der Waals surface area contributed by atoms with Gasteiger partial charge in [-0.15, -0.1) is 0 Å². The maximum atomic E-state index is 13.3. The summed E-state index contributed by atoms with van der Waals surface area (Å²) < 4.78 is 18.5. The molecule has 1 saturated carbocycles. The molecule has 19 heavy (non-hydrogen) atoms. The molecule has 0 amide bonds. The summed E-state index contributed by atoms with van der Waals surface area (Å²) in [5, 5.41) is 7.17. The Morgan fingerprint density at radius 1 is 1.37 bits per heavy atom. The van der Waals surface area contributed by atoms with Crippen molar-refractivity contribution < 1.29 is 8.91 Å². The summed E-state index contributed by atoms with van der Waals surface area (Å²) in [5.41, 5.74) is 1.49. The van der Waals surface area contributed by atoms with Gasteiger partial charge in [0.25, 0.3) is 0 Å². The minimum absolute atomic E-state index is 0.284. The first-order valence-corrected chi connectivity index (χ1v) is 6.51. The largest absolute Gasteiger partial charge is 0.338 e. The third-order valence-corrected chi connectivity index (χ3v) is 3.17. The van der Waals surface area contributed by atoms with Crippen LogP contribution in [-0.2, 0) is 6.54 Å². The molecule has 1 aliphatic rings. The molecule has 0 radical (unpaired) electrons. The average molecular weight is 261 g/mol. The summed E-state index contributed by atoms with van der Waals surface area (Å²) in [7, 11) is 0. The van der Waals surface area contributed by atoms with Gasteiger partial charge in [-0.3, -0.25) is 0 Å². The molecular weight excluding hydrogens is 245 g/mol. The number of hydrogen-bond acceptors (Lipinski definition) is 4. The van der Waals surface area contributed by atoms with Crippen LogP contribution < -0.4 is 5.32 Å². The van der Waals surface area contributed by atoms with E-state index in [-0.39, 0.29) is 5.82 Å². The third-order valence-electron chi connectivity index (χ3n) is 3.17. The van der Waals surface area contributed by atoms with Crippen molar-refractivity contribution in [3.63, 3.8) is 0 Å². The SMILES string of the molecule is Cc1cc(F)cc(-c2noc(CNCC3CC3)n2)c1. The van der Waals surface area contributed by atoms with Crippen LogP contribution in [0.5, 0.6) is 0 Å². The second-order valence-corrected chi connectivity index (χ2v) is 5.10. The van der Waals surface area contributed by atoms with Gasteiger partial charge in [-0.2, -0.15) is 4.98 Å². The fourth-order valence-corrected chi connectivity index (χ4v) is 2.01. The van der Waals surface area contributed by atoms with Gasteiger partial charge in [0.15, 0.2) is 0 Å². The van der Waals surface area contributed by atoms with Crippen LogP contribution >= 0.6 is 0 Å². The smallest absolute Gasteiger partial charge is 0.240 e. The molecule has 0 saturated heterocycles. The summed E-state index contributed by atoms with van der Waals surface area (Å²) in [6.07, 6.45) is 2.62. The molecule has 100 valence electrons. The second kappa shape index (κ2) is 5.09. The van der Waals surface area contributed by atoms with Crippen molar-refractivity contribution in [3.8, 4) is 11.4 Å². The van der Waals surface area contributed by atoms with Crippen molar-refractivity contribution in [2.75, 3.05) is 6.54 Å². The van der Waals surface area contributed by atoms with E-state index in [4.69, 9.17) is 4.52 Å². The Labute approximate surface area is 111 Å². The van der Waals surface area contributed by atoms with Crippen molar-refractivity contribution in [2.24, 2.45) is 5.92 Å². The van der Waals surface area contributed by atoms with E-state index >= 15 is 0 Å². The van der Waals surface area contributed by atoms with Crippen LogP contribution in [-0.4, -0.2) is 16.7 Å². The number of hydrogen-bond donors (Lipinski definition) is 1. The number of halogens is 1. The van der Waals surface area contributed by atoms with Crippen LogP contribution in [0.25, 0.3) is 11.4 Å². The molecule has 5 heteroatoms. The van der Waals surface area contributed by atoms with Crippen molar-refractivity contribution >= 4 is 0 Å². The standard InChI is InChI=1S/C14H16FN3O/c1-9-4-11(6-12(15)5-9)14-17-13(19-18-14)8-16-7-10-2-3-10/h4-6,10,16H,2-3,7-8H2,1H3. The highest BCUT2D eigenvalue weighted by molar-refractivity contribution is 5.55. The predicted octanol–water partition coefficient (Wildman–Crippen LogP) is 2.68. The van der Waals surface area contributed by atoms with E-state index in [0.29, 0.717) is 23.8 Å². The van der Waals surface area contributed by atoms with Crippen LogP contribution in [0.2, 0.25) is 0 Å². The van der Waals surface area contributed by atoms with Crippen LogP contribution in [0.3, 0.4) is 0 Å². The van der Waals surface area contributed by atoms with E-state index in [2.05, 4.69) is 15.5 Å². The molecule has 4 nitrogen and oxygen atoms in total. The molecule has 1 aliphatic carbocycles. The van der Waals surface area contributed by atoms with Gasteiger partial charge in [0, 0.05) is 5.56 Å². The van der Waals surface area contributed by atoms with Crippen LogP contribution in [0, 0.1) is 18.7 Å². The van der Waals surface area contributed by atoms with E-state index in [1.165, 1.54) is 25.0 Å². The van der Waals surface area contributed by atoms with Gasteiger partial charge in [-0.25, -0.2) is 4.39 Å². The molecule has 0 unspecified atom stereocenters. The summed E-state index contributed by atoms with van der Waals surface area (Å²) >= 11 is 0. The molecule has 0 bridgehead atoms.